The van der Waals surface area contributed by atoms with Gasteiger partial charge in [-0.2, -0.15) is 0 Å². The minimum Gasteiger partial charge on any atom is -0.342 e. The summed E-state index contributed by atoms with van der Waals surface area (Å²) in [5.41, 5.74) is 4.38. The number of nitrogens with one attached hydrogen (secondary N) is 1. The summed E-state index contributed by atoms with van der Waals surface area (Å²) in [5.74, 6) is 0.957. The van der Waals surface area contributed by atoms with E-state index < -0.39 is 0 Å². The number of hydrogen-bond donors (Lipinski definition) is 1. The van der Waals surface area contributed by atoms with Crippen LogP contribution in [-0.2, 0) is 12.8 Å². The third-order valence-corrected chi connectivity index (χ3v) is 4.07. The lowest BCUT2D eigenvalue weighted by Crippen LogP contribution is -1.93. The highest BCUT2D eigenvalue weighted by Gasteiger charge is 2.06. The topological polar surface area (TPSA) is 28.7 Å². The standard InChI is InChI=1S/C16H14Cl2N2/c1-10-2-4-11(5-3-10)6-7-16-19-14-8-12(17)13(18)9-15(14)20-16/h2-5,8-9H,6-7H2,1H3,(H,19,20). The highest BCUT2D eigenvalue weighted by Crippen LogP contribution is 2.26. The summed E-state index contributed by atoms with van der Waals surface area (Å²) in [6, 6.07) is 12.2. The fourth-order valence-corrected chi connectivity index (χ4v) is 2.52. The molecule has 1 heterocycles. The Labute approximate surface area is 127 Å². The van der Waals surface area contributed by atoms with Crippen molar-refractivity contribution in [2.24, 2.45) is 0 Å². The number of hydrogen-bond acceptors (Lipinski definition) is 1. The summed E-state index contributed by atoms with van der Waals surface area (Å²) in [7, 11) is 0. The molecule has 0 amide bonds. The normalized spacial score (nSPS) is 11.2. The average Bonchev–Trinajstić information content (AvgIpc) is 2.80. The second-order valence-electron chi connectivity index (χ2n) is 4.95. The van der Waals surface area contributed by atoms with E-state index in [1.165, 1.54) is 11.1 Å². The third kappa shape index (κ3) is 2.82. The van der Waals surface area contributed by atoms with E-state index in [1.807, 2.05) is 6.07 Å². The van der Waals surface area contributed by atoms with Crippen molar-refractivity contribution >= 4 is 34.2 Å². The first kappa shape index (κ1) is 13.5. The lowest BCUT2D eigenvalue weighted by molar-refractivity contribution is 0.889. The zero-order chi connectivity index (χ0) is 14.1. The number of nitrogens with zero attached hydrogens (tertiary/aromatic N) is 1. The van der Waals surface area contributed by atoms with E-state index in [4.69, 9.17) is 23.2 Å². The smallest absolute Gasteiger partial charge is 0.107 e. The predicted molar refractivity (Wildman–Crippen MR) is 84.7 cm³/mol. The monoisotopic (exact) mass is 304 g/mol. The number of fused-ring (bicyclic) bond motifs is 1. The van der Waals surface area contributed by atoms with Crippen molar-refractivity contribution in [2.75, 3.05) is 0 Å². The van der Waals surface area contributed by atoms with Crippen LogP contribution in [0, 0.1) is 6.92 Å². The fraction of sp³-hybridized carbons (Fsp3) is 0.188. The highest BCUT2D eigenvalue weighted by atomic mass is 35.5. The molecule has 20 heavy (non-hydrogen) atoms. The molecule has 0 radical (unpaired) electrons. The van der Waals surface area contributed by atoms with Gasteiger partial charge in [-0.1, -0.05) is 53.0 Å². The molecule has 0 aliphatic rings. The highest BCUT2D eigenvalue weighted by molar-refractivity contribution is 6.42. The lowest BCUT2D eigenvalue weighted by Gasteiger charge is -1.99. The molecule has 1 aromatic heterocycles. The Morgan fingerprint density at radius 3 is 2.45 bits per heavy atom. The lowest BCUT2D eigenvalue weighted by atomic mass is 10.1. The van der Waals surface area contributed by atoms with Crippen LogP contribution in [0.1, 0.15) is 17.0 Å². The largest absolute Gasteiger partial charge is 0.342 e. The Kier molecular flexibility index (Phi) is 3.68. The molecule has 0 spiro atoms. The molecule has 3 rings (SSSR count). The summed E-state index contributed by atoms with van der Waals surface area (Å²) in [6.07, 6.45) is 1.83. The maximum Gasteiger partial charge on any atom is 0.107 e. The maximum absolute atomic E-state index is 6.00. The number of aromatic amines is 1. The van der Waals surface area contributed by atoms with Crippen LogP contribution in [0.5, 0.6) is 0 Å². The maximum atomic E-state index is 6.00. The van der Waals surface area contributed by atoms with Crippen LogP contribution in [-0.4, -0.2) is 9.97 Å². The van der Waals surface area contributed by atoms with Crippen LogP contribution in [0.3, 0.4) is 0 Å². The van der Waals surface area contributed by atoms with Crippen LogP contribution >= 0.6 is 23.2 Å². The molecule has 4 heteroatoms. The number of benzene rings is 2. The van der Waals surface area contributed by atoms with E-state index in [2.05, 4.69) is 41.2 Å². The van der Waals surface area contributed by atoms with Gasteiger partial charge in [-0.15, -0.1) is 0 Å². The van der Waals surface area contributed by atoms with Gasteiger partial charge in [0.05, 0.1) is 21.1 Å². The molecule has 3 aromatic rings. The molecule has 102 valence electrons. The molecule has 0 saturated carbocycles. The first-order chi connectivity index (χ1) is 9.61. The molecule has 0 aliphatic heterocycles. The summed E-state index contributed by atoms with van der Waals surface area (Å²) >= 11 is 12.0. The third-order valence-electron chi connectivity index (χ3n) is 3.34. The fourth-order valence-electron chi connectivity index (χ4n) is 2.19. The SMILES string of the molecule is Cc1ccc(CCc2nc3cc(Cl)c(Cl)cc3[nH]2)cc1. The van der Waals surface area contributed by atoms with Gasteiger partial charge in [0.25, 0.3) is 0 Å². The number of halogens is 2. The zero-order valence-electron chi connectivity index (χ0n) is 11.1. The molecule has 2 nitrogen and oxygen atoms in total. The molecule has 0 bridgehead atoms. The Bertz CT molecular complexity index is 706. The first-order valence-corrected chi connectivity index (χ1v) is 7.26. The van der Waals surface area contributed by atoms with E-state index in [9.17, 15) is 0 Å². The molecule has 0 fully saturated rings. The number of imidazole rings is 1. The van der Waals surface area contributed by atoms with Crippen molar-refractivity contribution in [3.8, 4) is 0 Å². The van der Waals surface area contributed by atoms with Crippen molar-refractivity contribution in [1.82, 2.24) is 9.97 Å². The summed E-state index contributed by atoms with van der Waals surface area (Å²) in [4.78, 5) is 7.84. The van der Waals surface area contributed by atoms with Crippen LogP contribution in [0.4, 0.5) is 0 Å². The van der Waals surface area contributed by atoms with E-state index in [0.717, 1.165) is 29.7 Å². The summed E-state index contributed by atoms with van der Waals surface area (Å²) in [5, 5.41) is 1.09. The second kappa shape index (κ2) is 5.47. The molecule has 0 saturated heterocycles. The van der Waals surface area contributed by atoms with Crippen LogP contribution in [0.2, 0.25) is 10.0 Å². The number of aromatic nitrogens is 2. The number of aryl methyl sites for hydroxylation is 3. The minimum atomic E-state index is 0.538. The van der Waals surface area contributed by atoms with Crippen molar-refractivity contribution in [3.63, 3.8) is 0 Å². The van der Waals surface area contributed by atoms with Gasteiger partial charge in [-0.05, 0) is 31.0 Å². The minimum absolute atomic E-state index is 0.538. The second-order valence-corrected chi connectivity index (χ2v) is 5.77. The first-order valence-electron chi connectivity index (χ1n) is 6.51. The Morgan fingerprint density at radius 1 is 1.00 bits per heavy atom. The molecule has 1 N–H and O–H groups in total. The molecular formula is C16H14Cl2N2. The molecule has 0 unspecified atom stereocenters. The van der Waals surface area contributed by atoms with Crippen LogP contribution in [0.15, 0.2) is 36.4 Å². The Hall–Kier alpha value is -1.51. The van der Waals surface area contributed by atoms with Crippen molar-refractivity contribution in [3.05, 3.63) is 63.4 Å². The van der Waals surface area contributed by atoms with Gasteiger partial charge in [-0.25, -0.2) is 4.98 Å². The van der Waals surface area contributed by atoms with Crippen molar-refractivity contribution in [1.29, 1.82) is 0 Å². The molecular weight excluding hydrogens is 291 g/mol. The number of H-pyrrole nitrogens is 1. The Balaban J connectivity index is 1.79. The van der Waals surface area contributed by atoms with Gasteiger partial charge in [0.15, 0.2) is 0 Å². The Morgan fingerprint density at radius 2 is 1.70 bits per heavy atom. The van der Waals surface area contributed by atoms with E-state index in [-0.39, 0.29) is 0 Å². The summed E-state index contributed by atoms with van der Waals surface area (Å²) < 4.78 is 0. The number of rotatable bonds is 3. The summed E-state index contributed by atoms with van der Waals surface area (Å²) in [6.45, 7) is 2.09. The van der Waals surface area contributed by atoms with E-state index >= 15 is 0 Å². The van der Waals surface area contributed by atoms with Gasteiger partial charge in [-0.3, -0.25) is 0 Å². The van der Waals surface area contributed by atoms with Gasteiger partial charge in [0.1, 0.15) is 5.82 Å². The molecule has 0 aliphatic carbocycles. The van der Waals surface area contributed by atoms with Crippen molar-refractivity contribution < 1.29 is 0 Å². The van der Waals surface area contributed by atoms with Crippen LogP contribution < -0.4 is 0 Å². The van der Waals surface area contributed by atoms with Gasteiger partial charge in [0.2, 0.25) is 0 Å². The van der Waals surface area contributed by atoms with E-state index in [1.54, 1.807) is 6.07 Å². The zero-order valence-corrected chi connectivity index (χ0v) is 12.6. The van der Waals surface area contributed by atoms with Gasteiger partial charge >= 0.3 is 0 Å². The quantitative estimate of drug-likeness (QED) is 0.727. The van der Waals surface area contributed by atoms with Crippen LogP contribution in [0.25, 0.3) is 11.0 Å². The molecule has 2 aromatic carbocycles. The van der Waals surface area contributed by atoms with Gasteiger partial charge in [0, 0.05) is 6.42 Å². The van der Waals surface area contributed by atoms with Crippen molar-refractivity contribution in [2.45, 2.75) is 19.8 Å². The van der Waals surface area contributed by atoms with Gasteiger partial charge < -0.3 is 4.98 Å². The van der Waals surface area contributed by atoms with E-state index in [0.29, 0.717) is 10.0 Å². The molecule has 0 atom stereocenters. The predicted octanol–water partition coefficient (Wildman–Crippen LogP) is 4.96. The average molecular weight is 305 g/mol.